The average Bonchev–Trinajstić information content (AvgIpc) is 2.17. The van der Waals surface area contributed by atoms with E-state index in [0.717, 1.165) is 28.2 Å². The van der Waals surface area contributed by atoms with Gasteiger partial charge in [-0.05, 0) is 21.8 Å². The van der Waals surface area contributed by atoms with E-state index in [1.54, 1.807) is 0 Å². The van der Waals surface area contributed by atoms with E-state index in [1.807, 2.05) is 7.05 Å². The van der Waals surface area contributed by atoms with Crippen LogP contribution in [0.4, 0.5) is 5.82 Å². The Bertz CT molecular complexity index is 394. The molecule has 0 aliphatic heterocycles. The van der Waals surface area contributed by atoms with Crippen molar-refractivity contribution in [2.24, 2.45) is 5.92 Å². The van der Waals surface area contributed by atoms with E-state index in [0.29, 0.717) is 5.92 Å². The fraction of sp³-hybridized carbons (Fsp3) is 0.692. The molecule has 1 aromatic rings. The van der Waals surface area contributed by atoms with Gasteiger partial charge in [-0.2, -0.15) is 0 Å². The van der Waals surface area contributed by atoms with Gasteiger partial charge in [0.15, 0.2) is 0 Å². The van der Waals surface area contributed by atoms with Crippen molar-refractivity contribution in [1.29, 1.82) is 0 Å². The van der Waals surface area contributed by atoms with Crippen LogP contribution >= 0.6 is 15.9 Å². The number of hydrogen-bond acceptors (Lipinski definition) is 3. The molecule has 1 aromatic heterocycles. The number of nitrogens with one attached hydrogen (secondary N) is 1. The summed E-state index contributed by atoms with van der Waals surface area (Å²) in [5, 5.41) is 3.12. The van der Waals surface area contributed by atoms with Crippen molar-refractivity contribution in [2.45, 2.75) is 46.5 Å². The Labute approximate surface area is 113 Å². The molecule has 1 rings (SSSR count). The van der Waals surface area contributed by atoms with Gasteiger partial charge in [-0.1, -0.05) is 34.6 Å². The fourth-order valence-corrected chi connectivity index (χ4v) is 2.58. The maximum atomic E-state index is 4.69. The Morgan fingerprint density at radius 3 is 2.24 bits per heavy atom. The Morgan fingerprint density at radius 1 is 1.24 bits per heavy atom. The van der Waals surface area contributed by atoms with Crippen LogP contribution < -0.4 is 5.32 Å². The van der Waals surface area contributed by atoms with Crippen molar-refractivity contribution in [3.63, 3.8) is 0 Å². The number of rotatable bonds is 3. The lowest BCUT2D eigenvalue weighted by molar-refractivity contribution is 0.548. The predicted octanol–water partition coefficient (Wildman–Crippen LogP) is 3.78. The zero-order valence-corrected chi connectivity index (χ0v) is 13.1. The summed E-state index contributed by atoms with van der Waals surface area (Å²) in [6.45, 7) is 10.9. The molecule has 4 heteroatoms. The summed E-state index contributed by atoms with van der Waals surface area (Å²) in [5.74, 6) is 2.35. The Balaban J connectivity index is 3.29. The van der Waals surface area contributed by atoms with Crippen LogP contribution in [0.3, 0.4) is 0 Å². The third kappa shape index (κ3) is 3.66. The number of anilines is 1. The molecular formula is C13H22BrN3. The van der Waals surface area contributed by atoms with Gasteiger partial charge < -0.3 is 5.32 Å². The monoisotopic (exact) mass is 299 g/mol. The standard InChI is InChI=1S/C13H22BrN3/c1-8(2)7-9-16-11(13(3,4)5)10(14)12(15-6)17-9/h8H,7H2,1-6H3,(H,15,16,17). The first kappa shape index (κ1) is 14.4. The van der Waals surface area contributed by atoms with Crippen LogP contribution in [0, 0.1) is 5.92 Å². The van der Waals surface area contributed by atoms with Gasteiger partial charge in [0.1, 0.15) is 11.6 Å². The topological polar surface area (TPSA) is 37.8 Å². The van der Waals surface area contributed by atoms with Gasteiger partial charge in [0.2, 0.25) is 0 Å². The maximum absolute atomic E-state index is 4.69. The normalized spacial score (nSPS) is 12.0. The molecule has 0 amide bonds. The third-order valence-corrected chi connectivity index (χ3v) is 3.19. The summed E-state index contributed by atoms with van der Waals surface area (Å²) in [6.07, 6.45) is 0.908. The van der Waals surface area contributed by atoms with Gasteiger partial charge in [-0.15, -0.1) is 0 Å². The first-order valence-corrected chi connectivity index (χ1v) is 6.79. The minimum atomic E-state index is 0.0130. The number of aromatic nitrogens is 2. The van der Waals surface area contributed by atoms with E-state index in [1.165, 1.54) is 0 Å². The SMILES string of the molecule is CNc1nc(CC(C)C)nc(C(C)(C)C)c1Br. The molecule has 0 aliphatic carbocycles. The first-order valence-electron chi connectivity index (χ1n) is 6.00. The molecule has 0 saturated heterocycles. The quantitative estimate of drug-likeness (QED) is 0.923. The van der Waals surface area contributed by atoms with Gasteiger partial charge in [0.05, 0.1) is 10.2 Å². The molecule has 0 unspecified atom stereocenters. The van der Waals surface area contributed by atoms with Crippen LogP contribution in [0.15, 0.2) is 4.47 Å². The van der Waals surface area contributed by atoms with E-state index in [9.17, 15) is 0 Å². The molecule has 1 heterocycles. The van der Waals surface area contributed by atoms with Crippen LogP contribution in [0.1, 0.15) is 46.1 Å². The van der Waals surface area contributed by atoms with Crippen molar-refractivity contribution in [3.05, 3.63) is 16.0 Å². The number of hydrogen-bond donors (Lipinski definition) is 1. The molecule has 96 valence electrons. The van der Waals surface area contributed by atoms with Crippen molar-refractivity contribution < 1.29 is 0 Å². The van der Waals surface area contributed by atoms with E-state index in [4.69, 9.17) is 4.98 Å². The lowest BCUT2D eigenvalue weighted by Gasteiger charge is -2.22. The van der Waals surface area contributed by atoms with Crippen LogP contribution in [0.2, 0.25) is 0 Å². The second-order valence-electron chi connectivity index (χ2n) is 5.75. The Hall–Kier alpha value is -0.640. The number of nitrogens with zero attached hydrogens (tertiary/aromatic N) is 2. The highest BCUT2D eigenvalue weighted by Gasteiger charge is 2.22. The van der Waals surface area contributed by atoms with Gasteiger partial charge in [0, 0.05) is 18.9 Å². The van der Waals surface area contributed by atoms with Crippen molar-refractivity contribution in [3.8, 4) is 0 Å². The first-order chi connectivity index (χ1) is 7.75. The second-order valence-corrected chi connectivity index (χ2v) is 6.54. The van der Waals surface area contributed by atoms with Gasteiger partial charge in [-0.25, -0.2) is 9.97 Å². The molecule has 0 aromatic carbocycles. The van der Waals surface area contributed by atoms with E-state index in [-0.39, 0.29) is 5.41 Å². The smallest absolute Gasteiger partial charge is 0.144 e. The summed E-state index contributed by atoms with van der Waals surface area (Å²) in [6, 6.07) is 0. The summed E-state index contributed by atoms with van der Waals surface area (Å²) in [5.41, 5.74) is 1.08. The van der Waals surface area contributed by atoms with E-state index >= 15 is 0 Å². The molecule has 1 N–H and O–H groups in total. The van der Waals surface area contributed by atoms with Crippen LogP contribution in [0.5, 0.6) is 0 Å². The third-order valence-electron chi connectivity index (χ3n) is 2.44. The van der Waals surface area contributed by atoms with Crippen molar-refractivity contribution >= 4 is 21.7 Å². The van der Waals surface area contributed by atoms with Crippen LogP contribution in [-0.4, -0.2) is 17.0 Å². The molecule has 17 heavy (non-hydrogen) atoms. The molecule has 0 fully saturated rings. The molecule has 0 radical (unpaired) electrons. The summed E-state index contributed by atoms with van der Waals surface area (Å²) < 4.78 is 0.972. The summed E-state index contributed by atoms with van der Waals surface area (Å²) >= 11 is 3.59. The molecule has 0 spiro atoms. The highest BCUT2D eigenvalue weighted by molar-refractivity contribution is 9.10. The Morgan fingerprint density at radius 2 is 1.82 bits per heavy atom. The predicted molar refractivity (Wildman–Crippen MR) is 76.5 cm³/mol. The molecule has 0 aliphatic rings. The summed E-state index contributed by atoms with van der Waals surface area (Å²) in [4.78, 5) is 9.23. The number of halogens is 1. The van der Waals surface area contributed by atoms with E-state index in [2.05, 4.69) is 60.8 Å². The molecular weight excluding hydrogens is 278 g/mol. The highest BCUT2D eigenvalue weighted by Crippen LogP contribution is 2.32. The van der Waals surface area contributed by atoms with Crippen LogP contribution in [-0.2, 0) is 11.8 Å². The summed E-state index contributed by atoms with van der Waals surface area (Å²) in [7, 11) is 1.89. The van der Waals surface area contributed by atoms with Crippen molar-refractivity contribution in [2.75, 3.05) is 12.4 Å². The van der Waals surface area contributed by atoms with Gasteiger partial charge in [0.25, 0.3) is 0 Å². The largest absolute Gasteiger partial charge is 0.372 e. The minimum absolute atomic E-state index is 0.0130. The average molecular weight is 300 g/mol. The lowest BCUT2D eigenvalue weighted by Crippen LogP contribution is -2.18. The maximum Gasteiger partial charge on any atom is 0.144 e. The van der Waals surface area contributed by atoms with Gasteiger partial charge >= 0.3 is 0 Å². The highest BCUT2D eigenvalue weighted by atomic mass is 79.9. The lowest BCUT2D eigenvalue weighted by atomic mass is 9.91. The molecule has 3 nitrogen and oxygen atoms in total. The van der Waals surface area contributed by atoms with Gasteiger partial charge in [-0.3, -0.25) is 0 Å². The second kappa shape index (κ2) is 5.34. The zero-order chi connectivity index (χ0) is 13.2. The fourth-order valence-electron chi connectivity index (χ4n) is 1.61. The molecule has 0 atom stereocenters. The zero-order valence-electron chi connectivity index (χ0n) is 11.6. The Kier molecular flexibility index (Phi) is 4.53. The van der Waals surface area contributed by atoms with Crippen molar-refractivity contribution in [1.82, 2.24) is 9.97 Å². The van der Waals surface area contributed by atoms with Crippen LogP contribution in [0.25, 0.3) is 0 Å². The molecule has 0 bridgehead atoms. The minimum Gasteiger partial charge on any atom is -0.372 e. The molecule has 0 saturated carbocycles. The van der Waals surface area contributed by atoms with E-state index < -0.39 is 0 Å².